The molecule has 1 amide bonds. The highest BCUT2D eigenvalue weighted by Gasteiger charge is 2.23. The van der Waals surface area contributed by atoms with Gasteiger partial charge in [-0.2, -0.15) is 0 Å². The minimum atomic E-state index is -0.217. The molecule has 1 aliphatic rings. The van der Waals surface area contributed by atoms with Crippen LogP contribution in [-0.2, 0) is 4.79 Å². The maximum Gasteiger partial charge on any atom is 0.271 e. The van der Waals surface area contributed by atoms with Gasteiger partial charge in [0.05, 0.1) is 10.2 Å². The highest BCUT2D eigenvalue weighted by atomic mass is 32.1. The monoisotopic (exact) mass is 341 g/mol. The Bertz CT molecular complexity index is 892. The molecule has 122 valence electrons. The van der Waals surface area contributed by atoms with Crippen LogP contribution in [0.15, 0.2) is 30.2 Å². The molecule has 3 aromatic rings. The Hall–Kier alpha value is -2.61. The average Bonchev–Trinajstić information content (AvgIpc) is 3.27. The quantitative estimate of drug-likeness (QED) is 0.788. The molecule has 0 aromatic carbocycles. The van der Waals surface area contributed by atoms with Crippen molar-refractivity contribution in [3.8, 4) is 5.95 Å². The predicted molar refractivity (Wildman–Crippen MR) is 89.3 cm³/mol. The molecular formula is C16H15N5O2S. The summed E-state index contributed by atoms with van der Waals surface area (Å²) in [6, 6.07) is 1.90. The number of aromatic nitrogens is 4. The third-order valence-electron chi connectivity index (χ3n) is 4.12. The molecule has 1 aliphatic carbocycles. The zero-order chi connectivity index (χ0) is 16.5. The van der Waals surface area contributed by atoms with Crippen LogP contribution in [0.2, 0.25) is 0 Å². The van der Waals surface area contributed by atoms with E-state index in [0.29, 0.717) is 37.3 Å². The first-order chi connectivity index (χ1) is 11.7. The number of carbonyl (C=O) groups is 2. The van der Waals surface area contributed by atoms with E-state index in [-0.39, 0.29) is 17.7 Å². The van der Waals surface area contributed by atoms with Crippen LogP contribution in [0.5, 0.6) is 0 Å². The van der Waals surface area contributed by atoms with Gasteiger partial charge in [-0.25, -0.2) is 15.0 Å². The molecule has 1 fully saturated rings. The van der Waals surface area contributed by atoms with E-state index in [2.05, 4.69) is 20.3 Å². The minimum absolute atomic E-state index is 0.0249. The third-order valence-corrected chi connectivity index (χ3v) is 5.03. The van der Waals surface area contributed by atoms with Crippen molar-refractivity contribution < 1.29 is 9.59 Å². The van der Waals surface area contributed by atoms with Crippen molar-refractivity contribution in [3.63, 3.8) is 0 Å². The van der Waals surface area contributed by atoms with Crippen LogP contribution in [0.3, 0.4) is 0 Å². The number of ketones is 1. The summed E-state index contributed by atoms with van der Waals surface area (Å²) in [4.78, 5) is 37.0. The number of thiophene rings is 1. The summed E-state index contributed by atoms with van der Waals surface area (Å²) in [5.41, 5.74) is 1.11. The van der Waals surface area contributed by atoms with E-state index in [1.54, 1.807) is 23.3 Å². The van der Waals surface area contributed by atoms with E-state index >= 15 is 0 Å². The fourth-order valence-electron chi connectivity index (χ4n) is 2.84. The normalized spacial score (nSPS) is 15.8. The number of amides is 1. The largest absolute Gasteiger partial charge is 0.348 e. The summed E-state index contributed by atoms with van der Waals surface area (Å²) in [5.74, 6) is 0.471. The standard InChI is InChI=1S/C16H15N5O2S/c22-11-3-1-10(2-4-11)18-15(23)13-14-12(5-8-24-14)19-16(20-13)21-7-6-17-9-21/h5-10H,1-4H2,(H,18,23). The van der Waals surface area contributed by atoms with Crippen LogP contribution >= 0.6 is 11.3 Å². The summed E-state index contributed by atoms with van der Waals surface area (Å²) in [6.07, 6.45) is 7.42. The van der Waals surface area contributed by atoms with Crippen LogP contribution in [0.25, 0.3) is 16.2 Å². The van der Waals surface area contributed by atoms with Crippen molar-refractivity contribution in [3.05, 3.63) is 35.9 Å². The number of imidazole rings is 1. The average molecular weight is 341 g/mol. The van der Waals surface area contributed by atoms with Crippen LogP contribution in [-0.4, -0.2) is 37.3 Å². The maximum absolute atomic E-state index is 12.7. The van der Waals surface area contributed by atoms with Crippen LogP contribution in [0.4, 0.5) is 0 Å². The van der Waals surface area contributed by atoms with Gasteiger partial charge < -0.3 is 5.32 Å². The van der Waals surface area contributed by atoms with Gasteiger partial charge in [-0.1, -0.05) is 0 Å². The molecule has 0 unspecified atom stereocenters. The Morgan fingerprint density at radius 3 is 2.88 bits per heavy atom. The molecular weight excluding hydrogens is 326 g/mol. The second-order valence-corrected chi connectivity index (χ2v) is 6.68. The number of carbonyl (C=O) groups excluding carboxylic acids is 2. The molecule has 8 heteroatoms. The number of hydrogen-bond acceptors (Lipinski definition) is 6. The van der Waals surface area contributed by atoms with E-state index in [0.717, 1.165) is 10.2 Å². The molecule has 24 heavy (non-hydrogen) atoms. The van der Waals surface area contributed by atoms with Gasteiger partial charge in [0.25, 0.3) is 5.91 Å². The lowest BCUT2D eigenvalue weighted by molar-refractivity contribution is -0.120. The second-order valence-electron chi connectivity index (χ2n) is 5.76. The lowest BCUT2D eigenvalue weighted by atomic mass is 9.94. The fourth-order valence-corrected chi connectivity index (χ4v) is 3.65. The van der Waals surface area contributed by atoms with Gasteiger partial charge in [0, 0.05) is 31.3 Å². The predicted octanol–water partition coefficient (Wildman–Crippen LogP) is 2.12. The summed E-state index contributed by atoms with van der Waals surface area (Å²) in [5, 5.41) is 4.91. The van der Waals surface area contributed by atoms with Gasteiger partial charge in [-0.05, 0) is 24.3 Å². The van der Waals surface area contributed by atoms with E-state index in [4.69, 9.17) is 0 Å². The first-order valence-corrected chi connectivity index (χ1v) is 8.65. The molecule has 0 atom stereocenters. The molecule has 3 heterocycles. The number of rotatable bonds is 3. The smallest absolute Gasteiger partial charge is 0.271 e. The molecule has 0 spiro atoms. The van der Waals surface area contributed by atoms with E-state index in [9.17, 15) is 9.59 Å². The Morgan fingerprint density at radius 1 is 1.29 bits per heavy atom. The second kappa shape index (κ2) is 6.12. The molecule has 0 aliphatic heterocycles. The van der Waals surface area contributed by atoms with E-state index in [1.165, 1.54) is 11.3 Å². The van der Waals surface area contributed by atoms with Crippen LogP contribution < -0.4 is 5.32 Å². The maximum atomic E-state index is 12.7. The summed E-state index contributed by atoms with van der Waals surface area (Å²) < 4.78 is 2.44. The zero-order valence-corrected chi connectivity index (χ0v) is 13.6. The van der Waals surface area contributed by atoms with Gasteiger partial charge in [-0.3, -0.25) is 14.2 Å². The Morgan fingerprint density at radius 2 is 2.12 bits per heavy atom. The topological polar surface area (TPSA) is 89.8 Å². The number of fused-ring (bicyclic) bond motifs is 1. The lowest BCUT2D eigenvalue weighted by Crippen LogP contribution is -2.38. The minimum Gasteiger partial charge on any atom is -0.348 e. The lowest BCUT2D eigenvalue weighted by Gasteiger charge is -2.22. The molecule has 4 rings (SSSR count). The van der Waals surface area contributed by atoms with Crippen molar-refractivity contribution in [2.45, 2.75) is 31.7 Å². The van der Waals surface area contributed by atoms with Gasteiger partial charge in [-0.15, -0.1) is 11.3 Å². The van der Waals surface area contributed by atoms with Gasteiger partial charge in [0.1, 0.15) is 12.1 Å². The van der Waals surface area contributed by atoms with Crippen molar-refractivity contribution in [1.29, 1.82) is 0 Å². The number of nitrogens with one attached hydrogen (secondary N) is 1. The molecule has 1 N–H and O–H groups in total. The Kier molecular flexibility index (Phi) is 3.81. The van der Waals surface area contributed by atoms with Crippen molar-refractivity contribution in [1.82, 2.24) is 24.8 Å². The molecule has 0 bridgehead atoms. The summed E-state index contributed by atoms with van der Waals surface area (Å²) >= 11 is 1.45. The summed E-state index contributed by atoms with van der Waals surface area (Å²) in [6.45, 7) is 0. The van der Waals surface area contributed by atoms with Crippen molar-refractivity contribution in [2.75, 3.05) is 0 Å². The Labute approximate surface area is 141 Å². The number of hydrogen-bond donors (Lipinski definition) is 1. The van der Waals surface area contributed by atoms with Gasteiger partial charge >= 0.3 is 0 Å². The van der Waals surface area contributed by atoms with Crippen molar-refractivity contribution in [2.24, 2.45) is 0 Å². The van der Waals surface area contributed by atoms with Crippen LogP contribution in [0, 0.1) is 0 Å². The third kappa shape index (κ3) is 2.80. The molecule has 0 radical (unpaired) electrons. The first kappa shape index (κ1) is 14.9. The number of Topliss-reactive ketones (excluding diaryl/α,β-unsaturated/α-hetero) is 1. The highest BCUT2D eigenvalue weighted by Crippen LogP contribution is 2.24. The fraction of sp³-hybridized carbons (Fsp3) is 0.312. The molecule has 7 nitrogen and oxygen atoms in total. The first-order valence-electron chi connectivity index (χ1n) is 7.77. The number of nitrogens with zero attached hydrogens (tertiary/aromatic N) is 4. The molecule has 3 aromatic heterocycles. The SMILES string of the molecule is O=C1CCC(NC(=O)c2nc(-n3ccnc3)nc3ccsc23)CC1. The Balaban J connectivity index is 1.66. The van der Waals surface area contributed by atoms with Crippen molar-refractivity contribution >= 4 is 33.2 Å². The van der Waals surface area contributed by atoms with E-state index < -0.39 is 0 Å². The van der Waals surface area contributed by atoms with Crippen LogP contribution in [0.1, 0.15) is 36.2 Å². The van der Waals surface area contributed by atoms with Gasteiger partial charge in [0.15, 0.2) is 5.69 Å². The molecule has 1 saturated carbocycles. The zero-order valence-electron chi connectivity index (χ0n) is 12.8. The molecule has 0 saturated heterocycles. The highest BCUT2D eigenvalue weighted by molar-refractivity contribution is 7.17. The van der Waals surface area contributed by atoms with E-state index in [1.807, 2.05) is 11.4 Å². The van der Waals surface area contributed by atoms with Gasteiger partial charge in [0.2, 0.25) is 5.95 Å². The summed E-state index contributed by atoms with van der Waals surface area (Å²) in [7, 11) is 0.